The summed E-state index contributed by atoms with van der Waals surface area (Å²) in [5.41, 5.74) is 3.86. The van der Waals surface area contributed by atoms with E-state index in [4.69, 9.17) is 11.6 Å². The highest BCUT2D eigenvalue weighted by molar-refractivity contribution is 6.31. The molecule has 16 heavy (non-hydrogen) atoms. The zero-order valence-corrected chi connectivity index (χ0v) is 10.7. The van der Waals surface area contributed by atoms with Crippen LogP contribution in [0, 0.1) is 6.92 Å². The number of anilines is 1. The lowest BCUT2D eigenvalue weighted by Crippen LogP contribution is -2.29. The van der Waals surface area contributed by atoms with E-state index in [0.29, 0.717) is 6.04 Å². The molecule has 0 aliphatic carbocycles. The van der Waals surface area contributed by atoms with Crippen LogP contribution >= 0.6 is 11.6 Å². The van der Waals surface area contributed by atoms with Gasteiger partial charge in [-0.25, -0.2) is 0 Å². The van der Waals surface area contributed by atoms with Crippen LogP contribution in [0.5, 0.6) is 0 Å². The maximum atomic E-state index is 6.15. The van der Waals surface area contributed by atoms with Crippen LogP contribution in [0.3, 0.4) is 0 Å². The SMILES string of the molecule is CNCCC1CCc2ccc(Cl)c(C)c2N1. The number of benzene rings is 1. The summed E-state index contributed by atoms with van der Waals surface area (Å²) in [6.45, 7) is 3.15. The predicted octanol–water partition coefficient (Wildman–Crippen LogP) is 2.98. The zero-order valence-electron chi connectivity index (χ0n) is 9.94. The summed E-state index contributed by atoms with van der Waals surface area (Å²) in [7, 11) is 2.00. The van der Waals surface area contributed by atoms with Crippen LogP contribution in [0.2, 0.25) is 5.02 Å². The molecule has 2 rings (SSSR count). The highest BCUT2D eigenvalue weighted by Gasteiger charge is 2.19. The third-order valence-corrected chi connectivity index (χ3v) is 3.75. The van der Waals surface area contributed by atoms with Gasteiger partial charge in [-0.15, -0.1) is 0 Å². The van der Waals surface area contributed by atoms with Gasteiger partial charge in [0.1, 0.15) is 0 Å². The number of nitrogens with one attached hydrogen (secondary N) is 2. The van der Waals surface area contributed by atoms with E-state index in [9.17, 15) is 0 Å². The molecule has 2 N–H and O–H groups in total. The predicted molar refractivity (Wildman–Crippen MR) is 70.5 cm³/mol. The molecular weight excluding hydrogens is 220 g/mol. The molecule has 1 aliphatic rings. The molecule has 1 heterocycles. The first-order valence-electron chi connectivity index (χ1n) is 5.91. The summed E-state index contributed by atoms with van der Waals surface area (Å²) in [6, 6.07) is 4.73. The number of halogens is 1. The summed E-state index contributed by atoms with van der Waals surface area (Å²) in [5, 5.41) is 7.68. The van der Waals surface area contributed by atoms with Gasteiger partial charge in [0, 0.05) is 16.8 Å². The van der Waals surface area contributed by atoms with Gasteiger partial charge in [0.15, 0.2) is 0 Å². The van der Waals surface area contributed by atoms with Crippen molar-refractivity contribution in [2.24, 2.45) is 0 Å². The van der Waals surface area contributed by atoms with E-state index in [2.05, 4.69) is 23.6 Å². The first-order valence-corrected chi connectivity index (χ1v) is 6.29. The maximum Gasteiger partial charge on any atom is 0.0455 e. The third-order valence-electron chi connectivity index (χ3n) is 3.34. The monoisotopic (exact) mass is 238 g/mol. The summed E-state index contributed by atoms with van der Waals surface area (Å²) in [4.78, 5) is 0. The molecule has 2 nitrogen and oxygen atoms in total. The van der Waals surface area contributed by atoms with E-state index in [1.54, 1.807) is 0 Å². The Balaban J connectivity index is 2.15. The second-order valence-electron chi connectivity index (χ2n) is 4.48. The van der Waals surface area contributed by atoms with Crippen LogP contribution in [-0.4, -0.2) is 19.6 Å². The molecule has 1 atom stereocenters. The lowest BCUT2D eigenvalue weighted by molar-refractivity contribution is 0.567. The number of hydrogen-bond acceptors (Lipinski definition) is 2. The van der Waals surface area contributed by atoms with Crippen molar-refractivity contribution in [3.63, 3.8) is 0 Å². The Morgan fingerprint density at radius 1 is 1.50 bits per heavy atom. The minimum absolute atomic E-state index is 0.581. The van der Waals surface area contributed by atoms with Crippen molar-refractivity contribution in [2.75, 3.05) is 18.9 Å². The molecule has 1 unspecified atom stereocenters. The fraction of sp³-hybridized carbons (Fsp3) is 0.538. The van der Waals surface area contributed by atoms with Gasteiger partial charge in [-0.3, -0.25) is 0 Å². The summed E-state index contributed by atoms with van der Waals surface area (Å²) < 4.78 is 0. The lowest BCUT2D eigenvalue weighted by atomic mass is 9.94. The smallest absolute Gasteiger partial charge is 0.0455 e. The van der Waals surface area contributed by atoms with Crippen molar-refractivity contribution in [1.82, 2.24) is 5.32 Å². The van der Waals surface area contributed by atoms with Crippen LogP contribution in [-0.2, 0) is 6.42 Å². The molecule has 0 amide bonds. The maximum absolute atomic E-state index is 6.15. The van der Waals surface area contributed by atoms with Crippen LogP contribution in [0.1, 0.15) is 24.0 Å². The van der Waals surface area contributed by atoms with Gasteiger partial charge >= 0.3 is 0 Å². The topological polar surface area (TPSA) is 24.1 Å². The number of rotatable bonds is 3. The van der Waals surface area contributed by atoms with E-state index in [-0.39, 0.29) is 0 Å². The van der Waals surface area contributed by atoms with Gasteiger partial charge < -0.3 is 10.6 Å². The second kappa shape index (κ2) is 5.07. The highest BCUT2D eigenvalue weighted by Crippen LogP contribution is 2.32. The van der Waals surface area contributed by atoms with Crippen molar-refractivity contribution in [2.45, 2.75) is 32.2 Å². The molecule has 1 aliphatic heterocycles. The molecule has 3 heteroatoms. The molecule has 0 aromatic heterocycles. The van der Waals surface area contributed by atoms with Crippen molar-refractivity contribution < 1.29 is 0 Å². The van der Waals surface area contributed by atoms with Gasteiger partial charge in [0.05, 0.1) is 0 Å². The molecule has 1 aromatic carbocycles. The van der Waals surface area contributed by atoms with E-state index in [1.165, 1.54) is 29.7 Å². The Kier molecular flexibility index (Phi) is 3.72. The zero-order chi connectivity index (χ0) is 11.5. The second-order valence-corrected chi connectivity index (χ2v) is 4.89. The number of fused-ring (bicyclic) bond motifs is 1. The van der Waals surface area contributed by atoms with Gasteiger partial charge in [0.25, 0.3) is 0 Å². The fourth-order valence-corrected chi connectivity index (χ4v) is 2.45. The molecule has 88 valence electrons. The average Bonchev–Trinajstić information content (AvgIpc) is 2.31. The molecule has 0 spiro atoms. The largest absolute Gasteiger partial charge is 0.382 e. The Morgan fingerprint density at radius 2 is 2.31 bits per heavy atom. The Bertz CT molecular complexity index is 376. The average molecular weight is 239 g/mol. The van der Waals surface area contributed by atoms with Crippen LogP contribution in [0.15, 0.2) is 12.1 Å². The van der Waals surface area contributed by atoms with Crippen molar-refractivity contribution >= 4 is 17.3 Å². The standard InChI is InChI=1S/C13H19ClN2/c1-9-12(14)6-4-10-3-5-11(7-8-15-2)16-13(9)10/h4,6,11,15-16H,3,5,7-8H2,1-2H3. The first kappa shape index (κ1) is 11.7. The molecular formula is C13H19ClN2. The fourth-order valence-electron chi connectivity index (χ4n) is 2.29. The molecule has 0 radical (unpaired) electrons. The highest BCUT2D eigenvalue weighted by atomic mass is 35.5. The van der Waals surface area contributed by atoms with Gasteiger partial charge in [-0.05, 0) is 57.0 Å². The van der Waals surface area contributed by atoms with E-state index in [1.807, 2.05) is 13.1 Å². The molecule has 0 fully saturated rings. The summed E-state index contributed by atoms with van der Waals surface area (Å²) in [6.07, 6.45) is 3.55. The van der Waals surface area contributed by atoms with Crippen LogP contribution in [0.25, 0.3) is 0 Å². The van der Waals surface area contributed by atoms with Crippen molar-refractivity contribution in [1.29, 1.82) is 0 Å². The van der Waals surface area contributed by atoms with E-state index >= 15 is 0 Å². The van der Waals surface area contributed by atoms with Crippen LogP contribution < -0.4 is 10.6 Å². The first-order chi connectivity index (χ1) is 7.72. The van der Waals surface area contributed by atoms with E-state index in [0.717, 1.165) is 18.0 Å². The van der Waals surface area contributed by atoms with Crippen molar-refractivity contribution in [3.05, 3.63) is 28.3 Å². The molecule has 0 bridgehead atoms. The van der Waals surface area contributed by atoms with Gasteiger partial charge in [-0.2, -0.15) is 0 Å². The summed E-state index contributed by atoms with van der Waals surface area (Å²) >= 11 is 6.15. The Hall–Kier alpha value is -0.730. The number of aryl methyl sites for hydroxylation is 1. The molecule has 0 saturated heterocycles. The number of hydrogen-bond donors (Lipinski definition) is 2. The van der Waals surface area contributed by atoms with Gasteiger partial charge in [-0.1, -0.05) is 17.7 Å². The molecule has 1 aromatic rings. The normalized spacial score (nSPS) is 19.1. The Labute approximate surface area is 102 Å². The van der Waals surface area contributed by atoms with E-state index < -0.39 is 0 Å². The van der Waals surface area contributed by atoms with Crippen LogP contribution in [0.4, 0.5) is 5.69 Å². The van der Waals surface area contributed by atoms with Gasteiger partial charge in [0.2, 0.25) is 0 Å². The third kappa shape index (κ3) is 2.33. The minimum Gasteiger partial charge on any atom is -0.382 e. The van der Waals surface area contributed by atoms with Crippen molar-refractivity contribution in [3.8, 4) is 0 Å². The molecule has 0 saturated carbocycles. The minimum atomic E-state index is 0.581. The Morgan fingerprint density at radius 3 is 3.06 bits per heavy atom. The quantitative estimate of drug-likeness (QED) is 0.846. The lowest BCUT2D eigenvalue weighted by Gasteiger charge is -2.28. The summed E-state index contributed by atoms with van der Waals surface area (Å²) in [5.74, 6) is 0.